The summed E-state index contributed by atoms with van der Waals surface area (Å²) in [4.78, 5) is 46.3. The first-order valence-electron chi connectivity index (χ1n) is 32.0. The molecule has 0 bridgehead atoms. The van der Waals surface area contributed by atoms with Crippen molar-refractivity contribution in [2.75, 3.05) is 123 Å². The molecule has 27 nitrogen and oxygen atoms in total. The number of hydrazone groups is 3. The molecule has 3 aromatic carbocycles. The summed E-state index contributed by atoms with van der Waals surface area (Å²) in [6.07, 6.45) is 11.1. The predicted octanol–water partition coefficient (Wildman–Crippen LogP) is 7.89. The Balaban J connectivity index is 0.000000158. The Morgan fingerprint density at radius 3 is 1.38 bits per heavy atom. The van der Waals surface area contributed by atoms with Gasteiger partial charge in [-0.3, -0.25) is 31.2 Å². The van der Waals surface area contributed by atoms with Gasteiger partial charge in [0.25, 0.3) is 0 Å². The molecule has 9 aromatic rings. The maximum atomic E-state index is 10.5. The molecule has 27 heteroatoms. The number of aliphatic hydroxyl groups excluding tert-OH is 2. The lowest BCUT2D eigenvalue weighted by Gasteiger charge is -2.28. The van der Waals surface area contributed by atoms with Crippen molar-refractivity contribution in [3.05, 3.63) is 208 Å². The summed E-state index contributed by atoms with van der Waals surface area (Å²) >= 11 is 0. The quantitative estimate of drug-likeness (QED) is 0.0211. The molecule has 0 radical (unpaired) electrons. The second-order valence-corrected chi connectivity index (χ2v) is 22.5. The summed E-state index contributed by atoms with van der Waals surface area (Å²) in [5, 5.41) is 51.4. The molecule has 0 spiro atoms. The highest BCUT2D eigenvalue weighted by molar-refractivity contribution is 5.81. The van der Waals surface area contributed by atoms with Gasteiger partial charge in [0, 0.05) is 94.3 Å². The van der Waals surface area contributed by atoms with E-state index in [1.807, 2.05) is 97.9 Å². The van der Waals surface area contributed by atoms with Crippen molar-refractivity contribution >= 4 is 53.6 Å². The van der Waals surface area contributed by atoms with Crippen LogP contribution < -0.4 is 40.5 Å². The molecule has 1 unspecified atom stereocenters. The van der Waals surface area contributed by atoms with Gasteiger partial charge in [-0.15, -0.1) is 0 Å². The average molecular weight is 1320 g/mol. The largest absolute Gasteiger partial charge is 0.506 e. The lowest BCUT2D eigenvalue weighted by atomic mass is 10.1. The lowest BCUT2D eigenvalue weighted by molar-refractivity contribution is 0.122. The number of anilines is 6. The van der Waals surface area contributed by atoms with Gasteiger partial charge in [0.05, 0.1) is 102 Å². The van der Waals surface area contributed by atoms with E-state index in [2.05, 4.69) is 111 Å². The summed E-state index contributed by atoms with van der Waals surface area (Å²) < 4.78 is 28.0. The first-order chi connectivity index (χ1) is 47.5. The molecule has 3 aliphatic rings. The standard InChI is InChI=1S/C24H28N6O2.C23H26N6O4.C23H26N6O3/c1-18-5-4-6-19(15-18)17-26-29-23-16-24(30-11-13-32-14-12-30)28-22(27-23)9-8-21(31)20-7-2-3-10-25-20;30-16-18-3-1-2-17(12-18)14-25-28-21-13-22(29-7-10-32-11-8-29)27-23(26-21)33-9-6-19-4-5-20(31)15-24-19;1-17-3-2-4-18(13-17)15-25-28-21-14-22(29-8-11-31-12-9-29)27-23(26-21)32-10-7-19-5-6-20(30)16-24-19/h2-7,10,15-17,21,31H,8-9,11-14H2,1H3,(H,27,28,29);1-5,12-15,30-31H,6-11,16H2,(H,26,27,28);2-6,13-16,30H,7-12H2,1H3,(H,26,27,28)/b26-17+;25-14+;25-15+. The van der Waals surface area contributed by atoms with Crippen LogP contribution in [0.1, 0.15) is 68.8 Å². The Hall–Kier alpha value is -10.8. The number of aliphatic hydroxyl groups is 2. The SMILES string of the molecule is Cc1cccc(/C=N/Nc2cc(N3CCOCC3)nc(CCC(O)c3ccccn3)n2)c1.Cc1cccc(/C=N/Nc2cc(N3CCOCC3)nc(OCCc3ccc(O)cn3)n2)c1.OCc1cccc(/C=N/Nc2cc(N3CCOCC3)nc(OCCc3ccc(O)cn3)n2)c1. The van der Waals surface area contributed by atoms with Crippen molar-refractivity contribution < 1.29 is 44.1 Å². The van der Waals surface area contributed by atoms with Gasteiger partial charge in [0.1, 0.15) is 34.8 Å². The third kappa shape index (κ3) is 23.0. The number of hydrogen-bond acceptors (Lipinski definition) is 27. The van der Waals surface area contributed by atoms with Crippen LogP contribution >= 0.6 is 0 Å². The van der Waals surface area contributed by atoms with Gasteiger partial charge < -0.3 is 58.8 Å². The molecule has 504 valence electrons. The highest BCUT2D eigenvalue weighted by atomic mass is 16.5. The van der Waals surface area contributed by atoms with Gasteiger partial charge in [0.2, 0.25) is 0 Å². The van der Waals surface area contributed by atoms with Crippen LogP contribution in [0.4, 0.5) is 34.9 Å². The van der Waals surface area contributed by atoms with Crippen LogP contribution in [0.15, 0.2) is 167 Å². The van der Waals surface area contributed by atoms with Crippen molar-refractivity contribution in [2.45, 2.75) is 52.2 Å². The fourth-order valence-corrected chi connectivity index (χ4v) is 9.99. The molecule has 12 rings (SSSR count). The molecule has 1 atom stereocenters. The van der Waals surface area contributed by atoms with Crippen molar-refractivity contribution in [1.29, 1.82) is 0 Å². The number of aromatic nitrogens is 9. The fourth-order valence-electron chi connectivity index (χ4n) is 9.99. The van der Waals surface area contributed by atoms with Crippen molar-refractivity contribution in [1.82, 2.24) is 44.9 Å². The molecule has 0 amide bonds. The van der Waals surface area contributed by atoms with Gasteiger partial charge in [-0.1, -0.05) is 83.9 Å². The van der Waals surface area contributed by atoms with Gasteiger partial charge in [-0.05, 0) is 85.0 Å². The monoisotopic (exact) mass is 1320 g/mol. The molecule has 3 saturated heterocycles. The summed E-state index contributed by atoms with van der Waals surface area (Å²) in [5.74, 6) is 4.89. The first-order valence-corrected chi connectivity index (χ1v) is 32.0. The molecule has 9 heterocycles. The number of pyridine rings is 3. The molecule has 0 saturated carbocycles. The summed E-state index contributed by atoms with van der Waals surface area (Å²) in [6, 6.07) is 42.0. The van der Waals surface area contributed by atoms with E-state index < -0.39 is 6.10 Å². The topological polar surface area (TPSA) is 326 Å². The number of rotatable bonds is 25. The van der Waals surface area contributed by atoms with E-state index in [0.29, 0.717) is 108 Å². The maximum Gasteiger partial charge on any atom is 0.320 e. The number of nitrogens with one attached hydrogen (secondary N) is 3. The second kappa shape index (κ2) is 36.7. The van der Waals surface area contributed by atoms with E-state index in [0.717, 1.165) is 90.4 Å². The Morgan fingerprint density at radius 1 is 0.495 bits per heavy atom. The van der Waals surface area contributed by atoms with E-state index in [-0.39, 0.29) is 30.1 Å². The number of hydrogen-bond donors (Lipinski definition) is 7. The average Bonchev–Trinajstić information content (AvgIpc) is 0.997. The lowest BCUT2D eigenvalue weighted by Crippen LogP contribution is -2.37. The van der Waals surface area contributed by atoms with Crippen LogP contribution in [0.25, 0.3) is 0 Å². The smallest absolute Gasteiger partial charge is 0.320 e. The van der Waals surface area contributed by atoms with Gasteiger partial charge in [-0.25, -0.2) is 9.97 Å². The molecule has 6 aromatic heterocycles. The molecule has 3 fully saturated rings. The van der Waals surface area contributed by atoms with E-state index >= 15 is 0 Å². The summed E-state index contributed by atoms with van der Waals surface area (Å²) in [5.41, 5.74) is 17.3. The minimum atomic E-state index is -0.664. The van der Waals surface area contributed by atoms with Gasteiger partial charge >= 0.3 is 12.0 Å². The highest BCUT2D eigenvalue weighted by Gasteiger charge is 2.20. The van der Waals surface area contributed by atoms with E-state index in [9.17, 15) is 20.4 Å². The van der Waals surface area contributed by atoms with Crippen molar-refractivity contribution in [3.63, 3.8) is 0 Å². The van der Waals surface area contributed by atoms with E-state index in [1.54, 1.807) is 49.1 Å². The zero-order valence-electron chi connectivity index (χ0n) is 54.2. The third-order valence-electron chi connectivity index (χ3n) is 15.0. The van der Waals surface area contributed by atoms with Crippen LogP contribution in [-0.2, 0) is 40.1 Å². The predicted molar refractivity (Wildman–Crippen MR) is 371 cm³/mol. The Labute approximate surface area is 562 Å². The minimum Gasteiger partial charge on any atom is -0.506 e. The molecule has 0 aliphatic carbocycles. The number of aromatic hydroxyl groups is 2. The van der Waals surface area contributed by atoms with Gasteiger partial charge in [0.15, 0.2) is 17.5 Å². The van der Waals surface area contributed by atoms with Crippen LogP contribution in [0.2, 0.25) is 0 Å². The van der Waals surface area contributed by atoms with Crippen molar-refractivity contribution in [3.8, 4) is 23.5 Å². The Morgan fingerprint density at radius 2 is 0.948 bits per heavy atom. The molecular formula is C70H80N18O9. The van der Waals surface area contributed by atoms with E-state index in [1.165, 1.54) is 23.5 Å². The highest BCUT2D eigenvalue weighted by Crippen LogP contribution is 2.25. The van der Waals surface area contributed by atoms with Crippen LogP contribution in [0, 0.1) is 13.8 Å². The zero-order valence-corrected chi connectivity index (χ0v) is 54.2. The number of morpholine rings is 3. The Kier molecular flexibility index (Phi) is 26.1. The van der Waals surface area contributed by atoms with Crippen LogP contribution in [-0.4, -0.2) is 176 Å². The van der Waals surface area contributed by atoms with Crippen molar-refractivity contribution in [2.24, 2.45) is 15.3 Å². The van der Waals surface area contributed by atoms with Crippen LogP contribution in [0.3, 0.4) is 0 Å². The fraction of sp³-hybridized carbons (Fsp3) is 0.314. The number of aryl methyl sites for hydroxylation is 3. The second-order valence-electron chi connectivity index (χ2n) is 22.5. The molecular weight excluding hydrogens is 1240 g/mol. The number of benzene rings is 3. The minimum absolute atomic E-state index is 0.0235. The summed E-state index contributed by atoms with van der Waals surface area (Å²) in [6.45, 7) is 13.2. The number of nitrogens with zero attached hydrogens (tertiary/aromatic N) is 15. The molecule has 3 aliphatic heterocycles. The van der Waals surface area contributed by atoms with E-state index in [4.69, 9.17) is 28.7 Å². The maximum absolute atomic E-state index is 10.5. The van der Waals surface area contributed by atoms with Crippen LogP contribution in [0.5, 0.6) is 23.5 Å². The van der Waals surface area contributed by atoms with Gasteiger partial charge in [-0.2, -0.15) is 35.2 Å². The summed E-state index contributed by atoms with van der Waals surface area (Å²) in [7, 11) is 0. The normalized spacial score (nSPS) is 14.3. The number of ether oxygens (including phenoxy) is 5. The third-order valence-corrected chi connectivity index (χ3v) is 15.0. The Bertz CT molecular complexity index is 3970. The zero-order chi connectivity index (χ0) is 67.2. The molecule has 7 N–H and O–H groups in total. The first kappa shape index (κ1) is 69.0. The molecule has 97 heavy (non-hydrogen) atoms.